The molecule has 1 aromatic rings. The molecule has 0 saturated heterocycles. The number of benzene rings is 1. The highest BCUT2D eigenvalue weighted by molar-refractivity contribution is 7.89. The van der Waals surface area contributed by atoms with E-state index in [-0.39, 0.29) is 12.4 Å². The average molecular weight is 287 g/mol. The minimum Gasteiger partial charge on any atom is -0.492 e. The zero-order valence-electron chi connectivity index (χ0n) is 10.8. The Hall–Kier alpha value is -1.60. The molecule has 0 aliphatic carbocycles. The zero-order valence-corrected chi connectivity index (χ0v) is 11.6. The van der Waals surface area contributed by atoms with Crippen LogP contribution in [0.15, 0.2) is 30.3 Å². The number of carboxylic acids is 1. The first-order chi connectivity index (χ1) is 8.84. The number of carbonyl (C=O) groups is 1. The van der Waals surface area contributed by atoms with Crippen molar-refractivity contribution < 1.29 is 23.1 Å². The lowest BCUT2D eigenvalue weighted by molar-refractivity contribution is -0.140. The van der Waals surface area contributed by atoms with E-state index in [1.54, 1.807) is 24.3 Å². The summed E-state index contributed by atoms with van der Waals surface area (Å²) < 4.78 is 29.8. The zero-order chi connectivity index (χ0) is 14.5. The molecule has 1 N–H and O–H groups in total. The number of aliphatic carboxylic acids is 1. The van der Waals surface area contributed by atoms with E-state index in [1.807, 2.05) is 6.07 Å². The Labute approximate surface area is 112 Å². The quantitative estimate of drug-likeness (QED) is 0.802. The molecule has 19 heavy (non-hydrogen) atoms. The first-order valence-electron chi connectivity index (χ1n) is 5.71. The molecular formula is C12H17NO5S. The summed E-state index contributed by atoms with van der Waals surface area (Å²) >= 11 is 0. The molecule has 0 fully saturated rings. The van der Waals surface area contributed by atoms with Crippen molar-refractivity contribution in [1.82, 2.24) is 4.31 Å². The summed E-state index contributed by atoms with van der Waals surface area (Å²) in [7, 11) is -2.40. The molecule has 6 nitrogen and oxygen atoms in total. The predicted octanol–water partition coefficient (Wildman–Crippen LogP) is 0.800. The third-order valence-electron chi connectivity index (χ3n) is 2.69. The Bertz CT molecular complexity index is 514. The molecule has 0 spiro atoms. The van der Waals surface area contributed by atoms with Crippen molar-refractivity contribution in [2.45, 2.75) is 13.0 Å². The molecule has 1 unspecified atom stereocenters. The summed E-state index contributed by atoms with van der Waals surface area (Å²) in [5.74, 6) is -0.877. The SMILES string of the molecule is CC(C(=O)O)N(C)S(=O)(=O)CCOc1ccccc1. The fraction of sp³-hybridized carbons (Fsp3) is 0.417. The van der Waals surface area contributed by atoms with Gasteiger partial charge in [0.2, 0.25) is 10.0 Å². The van der Waals surface area contributed by atoms with E-state index >= 15 is 0 Å². The molecule has 0 aromatic heterocycles. The summed E-state index contributed by atoms with van der Waals surface area (Å²) in [6, 6.07) is 7.73. The molecule has 1 aromatic carbocycles. The largest absolute Gasteiger partial charge is 0.492 e. The maximum Gasteiger partial charge on any atom is 0.321 e. The minimum absolute atomic E-state index is 0.0248. The van der Waals surface area contributed by atoms with Crippen LogP contribution in [0.1, 0.15) is 6.92 Å². The van der Waals surface area contributed by atoms with E-state index < -0.39 is 22.0 Å². The Morgan fingerprint density at radius 1 is 1.37 bits per heavy atom. The van der Waals surface area contributed by atoms with Crippen LogP contribution >= 0.6 is 0 Å². The second kappa shape index (κ2) is 6.53. The lowest BCUT2D eigenvalue weighted by Gasteiger charge is -2.20. The van der Waals surface area contributed by atoms with Gasteiger partial charge in [0.15, 0.2) is 0 Å². The van der Waals surface area contributed by atoms with E-state index in [0.717, 1.165) is 4.31 Å². The van der Waals surface area contributed by atoms with Crippen LogP contribution in [-0.2, 0) is 14.8 Å². The normalized spacial score (nSPS) is 13.2. The van der Waals surface area contributed by atoms with Crippen LogP contribution in [0.2, 0.25) is 0 Å². The van der Waals surface area contributed by atoms with Crippen LogP contribution in [-0.4, -0.2) is 49.2 Å². The number of rotatable bonds is 7. The number of hydrogen-bond acceptors (Lipinski definition) is 4. The predicted molar refractivity (Wildman–Crippen MR) is 70.6 cm³/mol. The number of sulfonamides is 1. The molecule has 7 heteroatoms. The van der Waals surface area contributed by atoms with Gasteiger partial charge in [-0.15, -0.1) is 0 Å². The standard InChI is InChI=1S/C12H17NO5S/c1-10(12(14)15)13(2)19(16,17)9-8-18-11-6-4-3-5-7-11/h3-7,10H,8-9H2,1-2H3,(H,14,15). The van der Waals surface area contributed by atoms with Crippen LogP contribution in [0.3, 0.4) is 0 Å². The monoisotopic (exact) mass is 287 g/mol. The lowest BCUT2D eigenvalue weighted by atomic mass is 10.3. The van der Waals surface area contributed by atoms with Crippen LogP contribution in [0.25, 0.3) is 0 Å². The Morgan fingerprint density at radius 3 is 2.47 bits per heavy atom. The third-order valence-corrected chi connectivity index (χ3v) is 4.57. The van der Waals surface area contributed by atoms with Gasteiger partial charge in [0.05, 0.1) is 5.75 Å². The molecule has 0 amide bonds. The minimum atomic E-state index is -3.65. The van der Waals surface area contributed by atoms with E-state index in [2.05, 4.69) is 0 Å². The fourth-order valence-electron chi connectivity index (χ4n) is 1.32. The highest BCUT2D eigenvalue weighted by Crippen LogP contribution is 2.10. The first-order valence-corrected chi connectivity index (χ1v) is 7.32. The number of nitrogens with zero attached hydrogens (tertiary/aromatic N) is 1. The lowest BCUT2D eigenvalue weighted by Crippen LogP contribution is -2.42. The molecule has 0 saturated carbocycles. The van der Waals surface area contributed by atoms with Crippen LogP contribution in [0.5, 0.6) is 5.75 Å². The van der Waals surface area contributed by atoms with Gasteiger partial charge in [-0.2, -0.15) is 4.31 Å². The van der Waals surface area contributed by atoms with E-state index in [9.17, 15) is 13.2 Å². The summed E-state index contributed by atoms with van der Waals surface area (Å²) in [6.07, 6.45) is 0. The Morgan fingerprint density at radius 2 is 1.95 bits per heavy atom. The summed E-state index contributed by atoms with van der Waals surface area (Å²) in [5.41, 5.74) is 0. The van der Waals surface area contributed by atoms with E-state index in [1.165, 1.54) is 14.0 Å². The van der Waals surface area contributed by atoms with Crippen molar-refractivity contribution in [1.29, 1.82) is 0 Å². The summed E-state index contributed by atoms with van der Waals surface area (Å²) in [4.78, 5) is 10.7. The second-order valence-electron chi connectivity index (χ2n) is 4.01. The number of para-hydroxylation sites is 1. The van der Waals surface area contributed by atoms with Gasteiger partial charge in [-0.1, -0.05) is 18.2 Å². The highest BCUT2D eigenvalue weighted by Gasteiger charge is 2.27. The van der Waals surface area contributed by atoms with Gasteiger partial charge >= 0.3 is 5.97 Å². The second-order valence-corrected chi connectivity index (χ2v) is 6.16. The molecule has 106 valence electrons. The maximum absolute atomic E-state index is 11.8. The van der Waals surface area contributed by atoms with Crippen molar-refractivity contribution in [2.24, 2.45) is 0 Å². The van der Waals surface area contributed by atoms with Crippen LogP contribution in [0, 0.1) is 0 Å². The molecule has 0 heterocycles. The molecule has 0 bridgehead atoms. The van der Waals surface area contributed by atoms with Gasteiger partial charge in [-0.3, -0.25) is 4.79 Å². The van der Waals surface area contributed by atoms with Crippen molar-refractivity contribution in [3.8, 4) is 5.75 Å². The smallest absolute Gasteiger partial charge is 0.321 e. The average Bonchev–Trinajstić information content (AvgIpc) is 2.37. The summed E-state index contributed by atoms with van der Waals surface area (Å²) in [5, 5.41) is 8.78. The Kier molecular flexibility index (Phi) is 5.31. The maximum atomic E-state index is 11.8. The van der Waals surface area contributed by atoms with Gasteiger partial charge in [0.25, 0.3) is 0 Å². The fourth-order valence-corrected chi connectivity index (χ4v) is 2.48. The van der Waals surface area contributed by atoms with Crippen molar-refractivity contribution in [3.63, 3.8) is 0 Å². The first kappa shape index (κ1) is 15.5. The molecular weight excluding hydrogens is 270 g/mol. The Balaban J connectivity index is 2.54. The summed E-state index contributed by atoms with van der Waals surface area (Å²) in [6.45, 7) is 1.29. The van der Waals surface area contributed by atoms with Gasteiger partial charge < -0.3 is 9.84 Å². The molecule has 0 radical (unpaired) electrons. The van der Waals surface area contributed by atoms with Crippen molar-refractivity contribution >= 4 is 16.0 Å². The molecule has 1 atom stereocenters. The number of likely N-dealkylation sites (N-methyl/N-ethyl adjacent to an activating group) is 1. The van der Waals surface area contributed by atoms with E-state index in [0.29, 0.717) is 5.75 Å². The van der Waals surface area contributed by atoms with Gasteiger partial charge in [0, 0.05) is 7.05 Å². The molecule has 0 aliphatic heterocycles. The van der Waals surface area contributed by atoms with Crippen molar-refractivity contribution in [3.05, 3.63) is 30.3 Å². The van der Waals surface area contributed by atoms with Crippen LogP contribution in [0.4, 0.5) is 0 Å². The highest BCUT2D eigenvalue weighted by atomic mass is 32.2. The molecule has 0 aliphatic rings. The number of ether oxygens (including phenoxy) is 1. The van der Waals surface area contributed by atoms with E-state index in [4.69, 9.17) is 9.84 Å². The number of carboxylic acid groups (broad SMARTS) is 1. The topological polar surface area (TPSA) is 83.9 Å². The van der Waals surface area contributed by atoms with Crippen molar-refractivity contribution in [2.75, 3.05) is 19.4 Å². The van der Waals surface area contributed by atoms with Gasteiger partial charge in [-0.25, -0.2) is 8.42 Å². The van der Waals surface area contributed by atoms with Gasteiger partial charge in [0.1, 0.15) is 18.4 Å². The third kappa shape index (κ3) is 4.53. The molecule has 1 rings (SSSR count). The number of hydrogen-bond donors (Lipinski definition) is 1. The van der Waals surface area contributed by atoms with Gasteiger partial charge in [-0.05, 0) is 19.1 Å². The van der Waals surface area contributed by atoms with Crippen LogP contribution < -0.4 is 4.74 Å².